The van der Waals surface area contributed by atoms with Crippen molar-refractivity contribution in [1.82, 2.24) is 29.9 Å². The van der Waals surface area contributed by atoms with Gasteiger partial charge >= 0.3 is 0 Å². The molecule has 1 saturated carbocycles. The molecule has 0 aromatic carbocycles. The second-order valence-electron chi connectivity index (χ2n) is 8.29. The van der Waals surface area contributed by atoms with Crippen molar-refractivity contribution in [3.8, 4) is 11.6 Å². The molecule has 8 nitrogen and oxygen atoms in total. The van der Waals surface area contributed by atoms with Crippen LogP contribution in [-0.2, 0) is 0 Å². The van der Waals surface area contributed by atoms with Gasteiger partial charge in [0.2, 0.25) is 5.88 Å². The number of ether oxygens (including phenoxy) is 1. The smallest absolute Gasteiger partial charge is 0.275 e. The molecule has 6 rings (SSSR count). The molecule has 3 aromatic heterocycles. The Labute approximate surface area is 179 Å². The lowest BCUT2D eigenvalue weighted by atomic mass is 9.64. The van der Waals surface area contributed by atoms with Crippen molar-refractivity contribution in [2.45, 2.75) is 38.8 Å². The summed E-state index contributed by atoms with van der Waals surface area (Å²) in [5.41, 5.74) is 1.63. The number of nitrogens with zero attached hydrogens (tertiary/aromatic N) is 6. The monoisotopic (exact) mass is 422 g/mol. The second kappa shape index (κ2) is 7.72. The number of amides is 1. The van der Waals surface area contributed by atoms with E-state index in [-0.39, 0.29) is 23.9 Å². The number of rotatable bonds is 5. The third-order valence-electron chi connectivity index (χ3n) is 6.44. The third-order valence-corrected chi connectivity index (χ3v) is 6.44. The molecule has 2 saturated heterocycles. The van der Waals surface area contributed by atoms with Crippen molar-refractivity contribution in [3.05, 3.63) is 60.1 Å². The van der Waals surface area contributed by atoms with Gasteiger partial charge in [-0.05, 0) is 49.8 Å². The Kier molecular flexibility index (Phi) is 4.88. The van der Waals surface area contributed by atoms with E-state index in [1.165, 1.54) is 16.9 Å². The average Bonchev–Trinajstić information content (AvgIpc) is 3.27. The van der Waals surface area contributed by atoms with Crippen LogP contribution in [0.3, 0.4) is 0 Å². The predicted molar refractivity (Wildman–Crippen MR) is 109 cm³/mol. The Morgan fingerprint density at radius 2 is 1.97 bits per heavy atom. The fourth-order valence-electron chi connectivity index (χ4n) is 4.62. The van der Waals surface area contributed by atoms with E-state index >= 15 is 0 Å². The van der Waals surface area contributed by atoms with Crippen LogP contribution < -0.4 is 4.74 Å². The summed E-state index contributed by atoms with van der Waals surface area (Å²) in [6.07, 6.45) is 6.23. The average molecular weight is 422 g/mol. The maximum absolute atomic E-state index is 13.8. The van der Waals surface area contributed by atoms with Gasteiger partial charge in [0.15, 0.2) is 5.69 Å². The minimum absolute atomic E-state index is 0.127. The highest BCUT2D eigenvalue weighted by molar-refractivity contribution is 5.96. The van der Waals surface area contributed by atoms with Crippen molar-refractivity contribution >= 4 is 5.91 Å². The maximum Gasteiger partial charge on any atom is 0.275 e. The molecule has 31 heavy (non-hydrogen) atoms. The van der Waals surface area contributed by atoms with Crippen LogP contribution in [0.4, 0.5) is 4.39 Å². The summed E-state index contributed by atoms with van der Waals surface area (Å²) in [4.78, 5) is 25.7. The van der Waals surface area contributed by atoms with Crippen molar-refractivity contribution in [2.75, 3.05) is 6.61 Å². The molecule has 3 aromatic rings. The first-order valence-electron chi connectivity index (χ1n) is 10.4. The number of hydrogen-bond donors (Lipinski definition) is 0. The van der Waals surface area contributed by atoms with Crippen molar-refractivity contribution < 1.29 is 13.9 Å². The maximum atomic E-state index is 13.8. The zero-order chi connectivity index (χ0) is 21.5. The highest BCUT2D eigenvalue weighted by atomic mass is 19.1. The fourth-order valence-corrected chi connectivity index (χ4v) is 4.62. The Morgan fingerprint density at radius 1 is 1.19 bits per heavy atom. The first-order valence-corrected chi connectivity index (χ1v) is 10.4. The summed E-state index contributed by atoms with van der Waals surface area (Å²) < 4.78 is 19.0. The van der Waals surface area contributed by atoms with E-state index in [0.717, 1.165) is 24.7 Å². The molecular formula is C22H23FN6O2. The van der Waals surface area contributed by atoms with Crippen LogP contribution in [0.25, 0.3) is 5.69 Å². The van der Waals surface area contributed by atoms with Crippen LogP contribution in [0.15, 0.2) is 42.9 Å². The molecule has 1 unspecified atom stereocenters. The van der Waals surface area contributed by atoms with Gasteiger partial charge in [0.25, 0.3) is 5.91 Å². The van der Waals surface area contributed by atoms with Gasteiger partial charge in [0.05, 0.1) is 24.6 Å². The highest BCUT2D eigenvalue weighted by Crippen LogP contribution is 2.47. The number of aromatic nitrogens is 5. The number of halogens is 1. The van der Waals surface area contributed by atoms with E-state index < -0.39 is 5.82 Å². The van der Waals surface area contributed by atoms with Crippen molar-refractivity contribution in [1.29, 1.82) is 0 Å². The van der Waals surface area contributed by atoms with Gasteiger partial charge in [-0.1, -0.05) is 6.92 Å². The van der Waals surface area contributed by atoms with Crippen LogP contribution in [-0.4, -0.2) is 54.5 Å². The lowest BCUT2D eigenvalue weighted by Gasteiger charge is -2.57. The minimum atomic E-state index is -0.415. The summed E-state index contributed by atoms with van der Waals surface area (Å²) in [5.74, 6) is 0.621. The van der Waals surface area contributed by atoms with Gasteiger partial charge in [-0.25, -0.2) is 14.4 Å². The number of fused-ring (bicyclic) bond motifs is 2. The van der Waals surface area contributed by atoms with Gasteiger partial charge in [-0.15, -0.1) is 4.80 Å². The van der Waals surface area contributed by atoms with E-state index in [0.29, 0.717) is 29.8 Å². The molecule has 5 heterocycles. The standard InChI is InChI=1S/C22H23FN6O2/c1-13-3-5-18(29-25-7-8-26-29)21(27-13)22(30)28-17-9-15(10-17)14(2)19(28)12-31-20-6-4-16(23)11-24-20/h3-8,11,14-15,17,19H,9-10,12H2,1-2H3/t14-,15?,17?,19?/m1/s1. The van der Waals surface area contributed by atoms with Crippen LogP contribution in [0.1, 0.15) is 35.9 Å². The lowest BCUT2D eigenvalue weighted by Crippen LogP contribution is -2.64. The summed E-state index contributed by atoms with van der Waals surface area (Å²) in [7, 11) is 0. The molecule has 2 atom stereocenters. The number of aryl methyl sites for hydroxylation is 1. The Hall–Kier alpha value is -3.36. The molecule has 3 aliphatic rings. The van der Waals surface area contributed by atoms with E-state index in [9.17, 15) is 9.18 Å². The molecule has 2 aliphatic heterocycles. The molecule has 1 aliphatic carbocycles. The number of hydrogen-bond acceptors (Lipinski definition) is 6. The van der Waals surface area contributed by atoms with Crippen LogP contribution >= 0.6 is 0 Å². The van der Waals surface area contributed by atoms with E-state index in [4.69, 9.17) is 4.74 Å². The first-order chi connectivity index (χ1) is 15.0. The molecule has 2 bridgehead atoms. The Bertz CT molecular complexity index is 1080. The molecule has 0 spiro atoms. The van der Waals surface area contributed by atoms with E-state index in [2.05, 4.69) is 27.1 Å². The van der Waals surface area contributed by atoms with Crippen molar-refractivity contribution in [3.63, 3.8) is 0 Å². The largest absolute Gasteiger partial charge is 0.475 e. The quantitative estimate of drug-likeness (QED) is 0.629. The number of carbonyl (C=O) groups excluding carboxylic acids is 1. The van der Waals surface area contributed by atoms with Crippen molar-refractivity contribution in [2.24, 2.45) is 11.8 Å². The normalized spacial score (nSPS) is 24.5. The van der Waals surface area contributed by atoms with Gasteiger partial charge < -0.3 is 9.64 Å². The number of piperidine rings is 2. The number of carbonyl (C=O) groups is 1. The summed E-state index contributed by atoms with van der Waals surface area (Å²) in [5, 5.41) is 8.36. The zero-order valence-electron chi connectivity index (χ0n) is 17.3. The van der Waals surface area contributed by atoms with Crippen LogP contribution in [0.5, 0.6) is 5.88 Å². The summed E-state index contributed by atoms with van der Waals surface area (Å²) in [6, 6.07) is 6.50. The van der Waals surface area contributed by atoms with E-state index in [1.807, 2.05) is 24.0 Å². The lowest BCUT2D eigenvalue weighted by molar-refractivity contribution is -0.0677. The van der Waals surface area contributed by atoms with Gasteiger partial charge in [0, 0.05) is 17.8 Å². The van der Waals surface area contributed by atoms with Gasteiger partial charge in [-0.2, -0.15) is 10.2 Å². The number of pyridine rings is 2. The Balaban J connectivity index is 1.45. The van der Waals surface area contributed by atoms with Gasteiger partial charge in [0.1, 0.15) is 18.1 Å². The second-order valence-corrected chi connectivity index (χ2v) is 8.29. The van der Waals surface area contributed by atoms with Gasteiger partial charge in [-0.3, -0.25) is 4.79 Å². The topological polar surface area (TPSA) is 86.0 Å². The summed E-state index contributed by atoms with van der Waals surface area (Å²) in [6.45, 7) is 4.31. The third kappa shape index (κ3) is 3.54. The molecule has 160 valence electrons. The highest BCUT2D eigenvalue weighted by Gasteiger charge is 2.51. The SMILES string of the molecule is Cc1ccc(-n2nccn2)c(C(=O)N2C3CC(C3)[C@@H](C)C2COc2ccc(F)cn2)n1. The molecule has 1 amide bonds. The fraction of sp³-hybridized carbons (Fsp3) is 0.409. The predicted octanol–water partition coefficient (Wildman–Crippen LogP) is 2.82. The molecule has 0 radical (unpaired) electrons. The molecular weight excluding hydrogens is 399 g/mol. The first kappa shape index (κ1) is 19.6. The van der Waals surface area contributed by atoms with Crippen LogP contribution in [0.2, 0.25) is 0 Å². The molecule has 3 fully saturated rings. The Morgan fingerprint density at radius 3 is 2.68 bits per heavy atom. The minimum Gasteiger partial charge on any atom is -0.475 e. The molecule has 0 N–H and O–H groups in total. The van der Waals surface area contributed by atoms with Crippen LogP contribution in [0, 0.1) is 24.6 Å². The molecule has 9 heteroatoms. The van der Waals surface area contributed by atoms with E-state index in [1.54, 1.807) is 12.4 Å². The summed E-state index contributed by atoms with van der Waals surface area (Å²) >= 11 is 0. The zero-order valence-corrected chi connectivity index (χ0v) is 17.3.